The smallest absolute Gasteiger partial charge is 0.316 e. The van der Waals surface area contributed by atoms with Crippen LogP contribution in [0.3, 0.4) is 0 Å². The molecular formula is C20H12F3NO. The lowest BCUT2D eigenvalue weighted by molar-refractivity contribution is -0.137. The Hall–Kier alpha value is -3.08. The van der Waals surface area contributed by atoms with Crippen molar-refractivity contribution in [3.8, 4) is 16.9 Å². The molecule has 0 bridgehead atoms. The van der Waals surface area contributed by atoms with Gasteiger partial charge in [-0.05, 0) is 47.2 Å². The number of fused-ring (bicyclic) bond motifs is 3. The summed E-state index contributed by atoms with van der Waals surface area (Å²) in [5.41, 5.74) is 0.960. The standard InChI is InChI=1S/C20H12F3NO/c21-20(22,23)14-8-10-15(11-9-14)24-12-13-4-1-2-5-16(13)19-17(24)6-3-7-18(19)25/h1-12H. The van der Waals surface area contributed by atoms with Gasteiger partial charge in [-0.2, -0.15) is 13.2 Å². The van der Waals surface area contributed by atoms with Crippen molar-refractivity contribution in [2.45, 2.75) is 6.18 Å². The minimum atomic E-state index is -4.38. The van der Waals surface area contributed by atoms with Crippen LogP contribution in [0.15, 0.2) is 77.7 Å². The molecule has 0 spiro atoms. The zero-order chi connectivity index (χ0) is 17.6. The SMILES string of the molecule is O=c1cccc2n(-c3ccc(C(F)(F)F)cc3)cc3ccccc3c1-2. The normalized spacial score (nSPS) is 12.0. The third-order valence-electron chi connectivity index (χ3n) is 4.23. The molecule has 2 aromatic carbocycles. The van der Waals surface area contributed by atoms with E-state index in [2.05, 4.69) is 0 Å². The number of benzene rings is 3. The van der Waals surface area contributed by atoms with E-state index in [0.29, 0.717) is 16.9 Å². The zero-order valence-electron chi connectivity index (χ0n) is 12.9. The van der Waals surface area contributed by atoms with E-state index in [1.54, 1.807) is 16.7 Å². The summed E-state index contributed by atoms with van der Waals surface area (Å²) >= 11 is 0. The highest BCUT2D eigenvalue weighted by Gasteiger charge is 2.30. The van der Waals surface area contributed by atoms with Crippen LogP contribution in [-0.2, 0) is 6.18 Å². The molecule has 5 heteroatoms. The summed E-state index contributed by atoms with van der Waals surface area (Å²) in [7, 11) is 0. The van der Waals surface area contributed by atoms with E-state index in [4.69, 9.17) is 0 Å². The predicted octanol–water partition coefficient (Wildman–Crippen LogP) is 5.11. The number of rotatable bonds is 1. The van der Waals surface area contributed by atoms with Gasteiger partial charge < -0.3 is 4.57 Å². The fourth-order valence-corrected chi connectivity index (χ4v) is 3.06. The molecule has 1 aliphatic heterocycles. The number of pyridine rings is 1. The van der Waals surface area contributed by atoms with Crippen molar-refractivity contribution in [1.29, 1.82) is 0 Å². The number of hydrogen-bond acceptors (Lipinski definition) is 1. The van der Waals surface area contributed by atoms with Gasteiger partial charge in [-0.15, -0.1) is 0 Å². The average molecular weight is 339 g/mol. The summed E-state index contributed by atoms with van der Waals surface area (Å²) in [6, 6.07) is 17.3. The molecule has 0 unspecified atom stereocenters. The lowest BCUT2D eigenvalue weighted by Crippen LogP contribution is -2.11. The van der Waals surface area contributed by atoms with Gasteiger partial charge in [-0.1, -0.05) is 30.3 Å². The maximum Gasteiger partial charge on any atom is 0.416 e. The summed E-state index contributed by atoms with van der Waals surface area (Å²) in [6.45, 7) is 0. The maximum absolute atomic E-state index is 12.8. The molecule has 0 aromatic heterocycles. The number of alkyl halides is 3. The number of halogens is 3. The van der Waals surface area contributed by atoms with Crippen molar-refractivity contribution in [2.24, 2.45) is 0 Å². The molecule has 0 fully saturated rings. The van der Waals surface area contributed by atoms with Crippen LogP contribution in [0.1, 0.15) is 5.56 Å². The van der Waals surface area contributed by atoms with Crippen LogP contribution in [0.2, 0.25) is 0 Å². The summed E-state index contributed by atoms with van der Waals surface area (Å²) in [6.07, 6.45) is -2.55. The van der Waals surface area contributed by atoms with Crippen LogP contribution in [0.25, 0.3) is 27.7 Å². The molecule has 124 valence electrons. The molecule has 2 nitrogen and oxygen atoms in total. The van der Waals surface area contributed by atoms with E-state index in [1.165, 1.54) is 18.2 Å². The Morgan fingerprint density at radius 1 is 0.800 bits per heavy atom. The van der Waals surface area contributed by atoms with Crippen LogP contribution < -0.4 is 5.43 Å². The van der Waals surface area contributed by atoms with Crippen LogP contribution in [-0.4, -0.2) is 4.57 Å². The van der Waals surface area contributed by atoms with Gasteiger partial charge in [0, 0.05) is 11.9 Å². The van der Waals surface area contributed by atoms with E-state index < -0.39 is 11.7 Å². The van der Waals surface area contributed by atoms with Gasteiger partial charge in [0.15, 0.2) is 5.43 Å². The first kappa shape index (κ1) is 15.4. The van der Waals surface area contributed by atoms with E-state index in [0.717, 1.165) is 22.9 Å². The molecule has 0 N–H and O–H groups in total. The first-order valence-electron chi connectivity index (χ1n) is 7.66. The second-order valence-electron chi connectivity index (χ2n) is 5.78. The number of nitrogens with zero attached hydrogens (tertiary/aromatic N) is 1. The molecule has 2 aliphatic rings. The number of aromatic nitrogens is 1. The Morgan fingerprint density at radius 3 is 2.24 bits per heavy atom. The van der Waals surface area contributed by atoms with Crippen molar-refractivity contribution in [2.75, 3.05) is 0 Å². The molecule has 1 aliphatic carbocycles. The highest BCUT2D eigenvalue weighted by atomic mass is 19.4. The number of hydrogen-bond donors (Lipinski definition) is 0. The van der Waals surface area contributed by atoms with E-state index in [9.17, 15) is 18.0 Å². The quantitative estimate of drug-likeness (QED) is 0.442. The Balaban J connectivity index is 2.01. The molecule has 0 saturated heterocycles. The van der Waals surface area contributed by atoms with Crippen LogP contribution in [0.4, 0.5) is 13.2 Å². The fourth-order valence-electron chi connectivity index (χ4n) is 3.06. The summed E-state index contributed by atoms with van der Waals surface area (Å²) in [5, 5.41) is 1.67. The van der Waals surface area contributed by atoms with Crippen molar-refractivity contribution >= 4 is 10.8 Å². The first-order chi connectivity index (χ1) is 11.9. The third kappa shape index (κ3) is 2.58. The van der Waals surface area contributed by atoms with Gasteiger partial charge >= 0.3 is 6.18 Å². The van der Waals surface area contributed by atoms with Gasteiger partial charge in [-0.25, -0.2) is 0 Å². The zero-order valence-corrected chi connectivity index (χ0v) is 12.9. The average Bonchev–Trinajstić information content (AvgIpc) is 2.60. The maximum atomic E-state index is 12.8. The van der Waals surface area contributed by atoms with Crippen LogP contribution >= 0.6 is 0 Å². The summed E-state index contributed by atoms with van der Waals surface area (Å²) < 4.78 is 40.1. The van der Waals surface area contributed by atoms with Crippen LogP contribution in [0.5, 0.6) is 0 Å². The second-order valence-corrected chi connectivity index (χ2v) is 5.78. The minimum absolute atomic E-state index is 0.116. The van der Waals surface area contributed by atoms with Gasteiger partial charge in [0.05, 0.1) is 16.8 Å². The van der Waals surface area contributed by atoms with Crippen molar-refractivity contribution < 1.29 is 13.2 Å². The highest BCUT2D eigenvalue weighted by molar-refractivity contribution is 5.96. The molecule has 4 rings (SSSR count). The molecule has 0 saturated carbocycles. The van der Waals surface area contributed by atoms with Gasteiger partial charge in [0.2, 0.25) is 0 Å². The van der Waals surface area contributed by atoms with Crippen molar-refractivity contribution in [1.82, 2.24) is 4.57 Å². The largest absolute Gasteiger partial charge is 0.416 e. The molecule has 0 amide bonds. The molecule has 25 heavy (non-hydrogen) atoms. The highest BCUT2D eigenvalue weighted by Crippen LogP contribution is 2.33. The van der Waals surface area contributed by atoms with Gasteiger partial charge in [-0.3, -0.25) is 4.79 Å². The molecule has 1 heterocycles. The van der Waals surface area contributed by atoms with Crippen molar-refractivity contribution in [3.05, 3.63) is 88.7 Å². The third-order valence-corrected chi connectivity index (χ3v) is 4.23. The Morgan fingerprint density at radius 2 is 1.52 bits per heavy atom. The predicted molar refractivity (Wildman–Crippen MR) is 91.2 cm³/mol. The topological polar surface area (TPSA) is 22.0 Å². The lowest BCUT2D eigenvalue weighted by atomic mass is 10.00. The van der Waals surface area contributed by atoms with Gasteiger partial charge in [0.1, 0.15) is 0 Å². The Bertz CT molecular complexity index is 1090. The lowest BCUT2D eigenvalue weighted by Gasteiger charge is -2.18. The minimum Gasteiger partial charge on any atom is -0.316 e. The second kappa shape index (κ2) is 5.48. The van der Waals surface area contributed by atoms with E-state index >= 15 is 0 Å². The Labute approximate surface area is 141 Å². The van der Waals surface area contributed by atoms with E-state index in [1.807, 2.05) is 30.5 Å². The van der Waals surface area contributed by atoms with Crippen LogP contribution in [0, 0.1) is 0 Å². The molecule has 0 atom stereocenters. The summed E-state index contributed by atoms with van der Waals surface area (Å²) in [5.74, 6) is 0. The molecular weight excluding hydrogens is 327 g/mol. The monoisotopic (exact) mass is 339 g/mol. The van der Waals surface area contributed by atoms with E-state index in [-0.39, 0.29) is 5.43 Å². The van der Waals surface area contributed by atoms with Gasteiger partial charge in [0.25, 0.3) is 0 Å². The fraction of sp³-hybridized carbons (Fsp3) is 0.0500. The Kier molecular flexibility index (Phi) is 3.39. The molecule has 2 aromatic rings. The summed E-state index contributed by atoms with van der Waals surface area (Å²) in [4.78, 5) is 12.4. The first-order valence-corrected chi connectivity index (χ1v) is 7.66. The van der Waals surface area contributed by atoms with Crippen molar-refractivity contribution in [3.63, 3.8) is 0 Å². The molecule has 0 radical (unpaired) electrons.